The molecule has 0 saturated carbocycles. The molecule has 0 aliphatic carbocycles. The Labute approximate surface area is 80.4 Å². The van der Waals surface area contributed by atoms with E-state index < -0.39 is 6.70 Å². The molecule has 0 bridgehead atoms. The first kappa shape index (κ1) is 9.83. The molecule has 12 heavy (non-hydrogen) atoms. The van der Waals surface area contributed by atoms with E-state index >= 15 is 0 Å². The first-order valence-corrected chi connectivity index (χ1v) is 6.40. The van der Waals surface area contributed by atoms with Gasteiger partial charge in [-0.05, 0) is 32.9 Å². The fourth-order valence-corrected chi connectivity index (χ4v) is 2.53. The van der Waals surface area contributed by atoms with Crippen LogP contribution in [-0.2, 0) is 11.8 Å². The van der Waals surface area contributed by atoms with Crippen molar-refractivity contribution < 1.29 is 0 Å². The van der Waals surface area contributed by atoms with Crippen LogP contribution in [0.3, 0.4) is 0 Å². The zero-order valence-electron chi connectivity index (χ0n) is 7.74. The van der Waals surface area contributed by atoms with Crippen molar-refractivity contribution in [2.75, 3.05) is 0 Å². The van der Waals surface area contributed by atoms with Gasteiger partial charge in [0.05, 0.1) is 0 Å². The van der Waals surface area contributed by atoms with Gasteiger partial charge in [-0.2, -0.15) is 0 Å². The van der Waals surface area contributed by atoms with E-state index in [1.54, 1.807) is 0 Å². The lowest BCUT2D eigenvalue weighted by Crippen LogP contribution is -2.13. The summed E-state index contributed by atoms with van der Waals surface area (Å²) in [5.74, 6) is 0. The van der Waals surface area contributed by atoms with Gasteiger partial charge in [0.15, 0.2) is 17.1 Å². The molecule has 1 rings (SSSR count). The smallest absolute Gasteiger partial charge is 0.0619 e. The highest BCUT2D eigenvalue weighted by Gasteiger charge is 2.30. The largest absolute Gasteiger partial charge is 0.218 e. The third-order valence-electron chi connectivity index (χ3n) is 1.60. The molecule has 1 aromatic rings. The van der Waals surface area contributed by atoms with Crippen molar-refractivity contribution in [2.45, 2.75) is 25.9 Å². The lowest BCUT2D eigenvalue weighted by molar-refractivity contribution is 0.798. The maximum absolute atomic E-state index is 5.51. The summed E-state index contributed by atoms with van der Waals surface area (Å²) in [6.45, 7) is 6.19. The second-order valence-electron chi connectivity index (χ2n) is 3.80. The lowest BCUT2D eigenvalue weighted by Gasteiger charge is -2.07. The fraction of sp³-hybridized carbons (Fsp3) is 0.400. The highest BCUT2D eigenvalue weighted by atomic mass is 32.4. The molecular weight excluding hydrogens is 183 g/mol. The Bertz CT molecular complexity index is 272. The third kappa shape index (κ3) is 2.36. The van der Waals surface area contributed by atoms with Gasteiger partial charge in [-0.15, -0.1) is 0 Å². The molecule has 0 spiro atoms. The Morgan fingerprint density at radius 2 is 1.58 bits per heavy atom. The highest BCUT2D eigenvalue weighted by Crippen LogP contribution is 2.37. The Morgan fingerprint density at radius 3 is 2.00 bits per heavy atom. The molecule has 0 aliphatic heterocycles. The van der Waals surface area contributed by atoms with E-state index in [0.29, 0.717) is 0 Å². The SMILES string of the molecule is CC(C)(C)[P+](=S)c1ccccc1. The van der Waals surface area contributed by atoms with E-state index in [1.165, 1.54) is 5.30 Å². The molecule has 0 nitrogen and oxygen atoms in total. The van der Waals surface area contributed by atoms with Crippen LogP contribution >= 0.6 is 6.70 Å². The van der Waals surface area contributed by atoms with Crippen LogP contribution in [0.1, 0.15) is 20.8 Å². The summed E-state index contributed by atoms with van der Waals surface area (Å²) in [4.78, 5) is 0. The average Bonchev–Trinajstić information content (AvgIpc) is 2.03. The molecule has 0 heterocycles. The van der Waals surface area contributed by atoms with Gasteiger partial charge >= 0.3 is 0 Å². The minimum atomic E-state index is -0.433. The van der Waals surface area contributed by atoms with Gasteiger partial charge in [-0.25, -0.2) is 0 Å². The van der Waals surface area contributed by atoms with Crippen LogP contribution in [0.15, 0.2) is 30.3 Å². The molecule has 1 aromatic carbocycles. The van der Waals surface area contributed by atoms with Crippen molar-refractivity contribution in [3.8, 4) is 0 Å². The average molecular weight is 197 g/mol. The summed E-state index contributed by atoms with van der Waals surface area (Å²) >= 11 is 5.51. The highest BCUT2D eigenvalue weighted by molar-refractivity contribution is 8.09. The summed E-state index contributed by atoms with van der Waals surface area (Å²) in [5, 5.41) is 1.56. The van der Waals surface area contributed by atoms with E-state index in [1.807, 2.05) is 6.07 Å². The monoisotopic (exact) mass is 197 g/mol. The van der Waals surface area contributed by atoms with Crippen LogP contribution in [0.5, 0.6) is 0 Å². The minimum Gasteiger partial charge on any atom is -0.0619 e. The summed E-state index contributed by atoms with van der Waals surface area (Å²) in [5.41, 5.74) is 0. The lowest BCUT2D eigenvalue weighted by atomic mass is 10.3. The second-order valence-corrected chi connectivity index (χ2v) is 7.34. The quantitative estimate of drug-likeness (QED) is 0.623. The first-order valence-electron chi connectivity index (χ1n) is 4.04. The van der Waals surface area contributed by atoms with Crippen LogP contribution in [-0.4, -0.2) is 5.16 Å². The molecule has 1 atom stereocenters. The maximum atomic E-state index is 5.51. The van der Waals surface area contributed by atoms with Crippen molar-refractivity contribution in [2.24, 2.45) is 0 Å². The molecular formula is C10H14PS+. The van der Waals surface area contributed by atoms with Crippen molar-refractivity contribution in [1.82, 2.24) is 0 Å². The first-order chi connectivity index (χ1) is 5.52. The van der Waals surface area contributed by atoms with Gasteiger partial charge in [0.2, 0.25) is 6.70 Å². The Morgan fingerprint density at radius 1 is 1.08 bits per heavy atom. The summed E-state index contributed by atoms with van der Waals surface area (Å²) < 4.78 is 0. The molecule has 64 valence electrons. The number of hydrogen-bond donors (Lipinski definition) is 0. The predicted molar refractivity (Wildman–Crippen MR) is 60.1 cm³/mol. The van der Waals surface area contributed by atoms with Gasteiger partial charge < -0.3 is 0 Å². The normalized spacial score (nSPS) is 12.8. The van der Waals surface area contributed by atoms with Crippen LogP contribution in [0, 0.1) is 0 Å². The van der Waals surface area contributed by atoms with E-state index in [0.717, 1.165) is 0 Å². The Hall–Kier alpha value is -0.260. The van der Waals surface area contributed by atoms with Gasteiger partial charge in [0.1, 0.15) is 5.16 Å². The van der Waals surface area contributed by atoms with Crippen LogP contribution in [0.4, 0.5) is 0 Å². The van der Waals surface area contributed by atoms with E-state index in [4.69, 9.17) is 11.8 Å². The standard InChI is InChI=1S/C10H14PS/c1-10(2,3)11(12)9-7-5-4-6-8-9/h4-8H,1-3H3/q+1. The Kier molecular flexibility index (Phi) is 2.98. The van der Waals surface area contributed by atoms with Crippen LogP contribution < -0.4 is 5.30 Å². The topological polar surface area (TPSA) is 0 Å². The third-order valence-corrected chi connectivity index (χ3v) is 5.86. The second kappa shape index (κ2) is 3.64. The van der Waals surface area contributed by atoms with Gasteiger partial charge in [-0.1, -0.05) is 18.2 Å². The van der Waals surface area contributed by atoms with E-state index in [-0.39, 0.29) is 5.16 Å². The van der Waals surface area contributed by atoms with E-state index in [9.17, 15) is 0 Å². The number of rotatable bonds is 1. The van der Waals surface area contributed by atoms with Crippen molar-refractivity contribution in [3.63, 3.8) is 0 Å². The van der Waals surface area contributed by atoms with Gasteiger partial charge in [-0.3, -0.25) is 0 Å². The van der Waals surface area contributed by atoms with Crippen LogP contribution in [0.2, 0.25) is 0 Å². The summed E-state index contributed by atoms with van der Waals surface area (Å²) in [7, 11) is 0. The summed E-state index contributed by atoms with van der Waals surface area (Å²) in [6, 6.07) is 10.4. The molecule has 0 N–H and O–H groups in total. The van der Waals surface area contributed by atoms with Gasteiger partial charge in [0, 0.05) is 0 Å². The fourth-order valence-electron chi connectivity index (χ4n) is 0.951. The molecule has 0 aliphatic rings. The van der Waals surface area contributed by atoms with Gasteiger partial charge in [0.25, 0.3) is 0 Å². The molecule has 0 radical (unpaired) electrons. The van der Waals surface area contributed by atoms with Crippen molar-refractivity contribution in [3.05, 3.63) is 30.3 Å². The number of hydrogen-bond acceptors (Lipinski definition) is 1. The minimum absolute atomic E-state index is 0.242. The maximum Gasteiger partial charge on any atom is 0.218 e. The molecule has 0 fully saturated rings. The number of benzene rings is 1. The van der Waals surface area contributed by atoms with E-state index in [2.05, 4.69) is 45.0 Å². The van der Waals surface area contributed by atoms with Crippen LogP contribution in [0.25, 0.3) is 0 Å². The zero-order chi connectivity index (χ0) is 9.19. The predicted octanol–water partition coefficient (Wildman–Crippen LogP) is 3.05. The molecule has 0 aromatic heterocycles. The zero-order valence-corrected chi connectivity index (χ0v) is 9.45. The molecule has 2 heteroatoms. The molecule has 1 unspecified atom stereocenters. The molecule has 0 saturated heterocycles. The van der Waals surface area contributed by atoms with Crippen molar-refractivity contribution >= 4 is 23.8 Å². The summed E-state index contributed by atoms with van der Waals surface area (Å²) in [6.07, 6.45) is 0. The van der Waals surface area contributed by atoms with Crippen molar-refractivity contribution in [1.29, 1.82) is 0 Å². The Balaban J connectivity index is 2.94. The molecule has 0 amide bonds.